The zero-order valence-electron chi connectivity index (χ0n) is 10.6. The monoisotopic (exact) mass is 261 g/mol. The third-order valence-corrected chi connectivity index (χ3v) is 3.51. The SMILES string of the molecule is C[C@@H]1c2cccn2CCN1C(=O)Cn1nnnc1N. The third-order valence-electron chi connectivity index (χ3n) is 3.51. The van der Waals surface area contributed by atoms with Crippen LogP contribution in [0.25, 0.3) is 0 Å². The summed E-state index contributed by atoms with van der Waals surface area (Å²) in [5, 5.41) is 10.7. The molecule has 0 bridgehead atoms. The van der Waals surface area contributed by atoms with Gasteiger partial charge in [0.05, 0.1) is 6.04 Å². The predicted molar refractivity (Wildman–Crippen MR) is 66.8 cm³/mol. The topological polar surface area (TPSA) is 94.9 Å². The van der Waals surface area contributed by atoms with Gasteiger partial charge in [-0.3, -0.25) is 4.79 Å². The second-order valence-electron chi connectivity index (χ2n) is 4.58. The van der Waals surface area contributed by atoms with E-state index in [1.54, 1.807) is 0 Å². The molecular formula is C11H15N7O. The maximum atomic E-state index is 12.3. The molecule has 0 fully saturated rings. The average molecular weight is 261 g/mol. The van der Waals surface area contributed by atoms with Crippen LogP contribution in [0.1, 0.15) is 18.7 Å². The fourth-order valence-electron chi connectivity index (χ4n) is 2.46. The van der Waals surface area contributed by atoms with E-state index < -0.39 is 0 Å². The Bertz CT molecular complexity index is 602. The molecule has 0 saturated carbocycles. The number of hydrogen-bond donors (Lipinski definition) is 1. The van der Waals surface area contributed by atoms with E-state index in [-0.39, 0.29) is 24.4 Å². The number of nitrogens with zero attached hydrogens (tertiary/aromatic N) is 6. The quantitative estimate of drug-likeness (QED) is 0.798. The summed E-state index contributed by atoms with van der Waals surface area (Å²) in [5.74, 6) is 0.125. The van der Waals surface area contributed by atoms with E-state index >= 15 is 0 Å². The Morgan fingerprint density at radius 1 is 1.53 bits per heavy atom. The lowest BCUT2D eigenvalue weighted by Crippen LogP contribution is -2.42. The second-order valence-corrected chi connectivity index (χ2v) is 4.58. The number of nitrogens with two attached hydrogens (primary N) is 1. The Kier molecular flexibility index (Phi) is 2.69. The molecule has 19 heavy (non-hydrogen) atoms. The zero-order valence-corrected chi connectivity index (χ0v) is 10.6. The van der Waals surface area contributed by atoms with Crippen molar-refractivity contribution in [2.75, 3.05) is 12.3 Å². The first-order valence-electron chi connectivity index (χ1n) is 6.13. The molecule has 0 radical (unpaired) electrons. The number of hydrogen-bond acceptors (Lipinski definition) is 5. The number of carbonyl (C=O) groups is 1. The van der Waals surface area contributed by atoms with Gasteiger partial charge in [0.1, 0.15) is 6.54 Å². The maximum absolute atomic E-state index is 12.3. The van der Waals surface area contributed by atoms with Crippen molar-refractivity contribution in [3.05, 3.63) is 24.0 Å². The number of carbonyl (C=O) groups excluding carboxylic acids is 1. The molecule has 0 saturated heterocycles. The molecular weight excluding hydrogens is 246 g/mol. The number of rotatable bonds is 2. The van der Waals surface area contributed by atoms with Gasteiger partial charge < -0.3 is 15.2 Å². The number of tetrazole rings is 1. The molecule has 100 valence electrons. The molecule has 1 atom stereocenters. The van der Waals surface area contributed by atoms with Crippen molar-refractivity contribution >= 4 is 11.9 Å². The van der Waals surface area contributed by atoms with E-state index in [4.69, 9.17) is 5.73 Å². The van der Waals surface area contributed by atoms with Crippen molar-refractivity contribution < 1.29 is 4.79 Å². The third kappa shape index (κ3) is 1.94. The van der Waals surface area contributed by atoms with E-state index in [2.05, 4.69) is 20.1 Å². The van der Waals surface area contributed by atoms with Gasteiger partial charge in [-0.05, 0) is 29.5 Å². The first kappa shape index (κ1) is 11.7. The minimum Gasteiger partial charge on any atom is -0.367 e. The van der Waals surface area contributed by atoms with Gasteiger partial charge in [-0.25, -0.2) is 4.68 Å². The van der Waals surface area contributed by atoms with E-state index in [0.717, 1.165) is 12.2 Å². The summed E-state index contributed by atoms with van der Waals surface area (Å²) in [5.41, 5.74) is 6.71. The van der Waals surface area contributed by atoms with Gasteiger partial charge in [0, 0.05) is 25.0 Å². The average Bonchev–Trinajstić information content (AvgIpc) is 3.00. The predicted octanol–water partition coefficient (Wildman–Crippen LogP) is -0.340. The van der Waals surface area contributed by atoms with Gasteiger partial charge in [-0.1, -0.05) is 5.10 Å². The lowest BCUT2D eigenvalue weighted by Gasteiger charge is -2.34. The van der Waals surface area contributed by atoms with Crippen molar-refractivity contribution in [2.24, 2.45) is 0 Å². The molecule has 0 aliphatic carbocycles. The minimum atomic E-state index is -0.0287. The molecule has 2 N–H and O–H groups in total. The highest BCUT2D eigenvalue weighted by Crippen LogP contribution is 2.25. The van der Waals surface area contributed by atoms with Crippen LogP contribution in [-0.4, -0.2) is 42.1 Å². The fourth-order valence-corrected chi connectivity index (χ4v) is 2.46. The molecule has 0 aromatic carbocycles. The first-order valence-corrected chi connectivity index (χ1v) is 6.13. The van der Waals surface area contributed by atoms with E-state index in [0.29, 0.717) is 6.54 Å². The molecule has 2 aromatic heterocycles. The van der Waals surface area contributed by atoms with Gasteiger partial charge in [0.25, 0.3) is 0 Å². The number of anilines is 1. The lowest BCUT2D eigenvalue weighted by atomic mass is 10.1. The summed E-state index contributed by atoms with van der Waals surface area (Å²) in [6.45, 7) is 3.59. The highest BCUT2D eigenvalue weighted by molar-refractivity contribution is 5.76. The largest absolute Gasteiger partial charge is 0.367 e. The van der Waals surface area contributed by atoms with Gasteiger partial charge in [0.15, 0.2) is 0 Å². The highest BCUT2D eigenvalue weighted by atomic mass is 16.2. The van der Waals surface area contributed by atoms with Crippen molar-refractivity contribution in [3.8, 4) is 0 Å². The van der Waals surface area contributed by atoms with Crippen LogP contribution in [0.3, 0.4) is 0 Å². The zero-order chi connectivity index (χ0) is 13.4. The van der Waals surface area contributed by atoms with Gasteiger partial charge in [-0.15, -0.1) is 0 Å². The molecule has 2 aromatic rings. The molecule has 1 aliphatic rings. The Labute approximate surface area is 109 Å². The molecule has 8 heteroatoms. The van der Waals surface area contributed by atoms with Crippen LogP contribution in [-0.2, 0) is 17.9 Å². The number of amides is 1. The van der Waals surface area contributed by atoms with Crippen molar-refractivity contribution in [3.63, 3.8) is 0 Å². The summed E-state index contributed by atoms with van der Waals surface area (Å²) >= 11 is 0. The van der Waals surface area contributed by atoms with Gasteiger partial charge >= 0.3 is 0 Å². The summed E-state index contributed by atoms with van der Waals surface area (Å²) in [7, 11) is 0. The molecule has 3 rings (SSSR count). The van der Waals surface area contributed by atoms with Crippen LogP contribution in [0.4, 0.5) is 5.95 Å². The van der Waals surface area contributed by atoms with Crippen LogP contribution in [0.15, 0.2) is 18.3 Å². The molecule has 3 heterocycles. The summed E-state index contributed by atoms with van der Waals surface area (Å²) in [6, 6.07) is 4.09. The van der Waals surface area contributed by atoms with E-state index in [9.17, 15) is 4.79 Å². The van der Waals surface area contributed by atoms with Crippen molar-refractivity contribution in [1.82, 2.24) is 29.7 Å². The molecule has 1 aliphatic heterocycles. The van der Waals surface area contributed by atoms with Crippen molar-refractivity contribution in [1.29, 1.82) is 0 Å². The van der Waals surface area contributed by atoms with Gasteiger partial charge in [0.2, 0.25) is 11.9 Å². The minimum absolute atomic E-state index is 0.0287. The van der Waals surface area contributed by atoms with Gasteiger partial charge in [-0.2, -0.15) is 0 Å². The molecule has 0 unspecified atom stereocenters. The maximum Gasteiger partial charge on any atom is 0.245 e. The van der Waals surface area contributed by atoms with Crippen LogP contribution in [0.2, 0.25) is 0 Å². The molecule has 0 spiro atoms. The van der Waals surface area contributed by atoms with Crippen LogP contribution >= 0.6 is 0 Å². The van der Waals surface area contributed by atoms with Crippen LogP contribution < -0.4 is 5.73 Å². The van der Waals surface area contributed by atoms with Crippen LogP contribution in [0, 0.1) is 0 Å². The smallest absolute Gasteiger partial charge is 0.245 e. The fraction of sp³-hybridized carbons (Fsp3) is 0.455. The summed E-state index contributed by atoms with van der Waals surface area (Å²) < 4.78 is 3.47. The summed E-state index contributed by atoms with van der Waals surface area (Å²) in [6.07, 6.45) is 2.03. The van der Waals surface area contributed by atoms with E-state index in [1.165, 1.54) is 4.68 Å². The van der Waals surface area contributed by atoms with Crippen molar-refractivity contribution in [2.45, 2.75) is 26.1 Å². The number of nitrogen functional groups attached to an aromatic ring is 1. The van der Waals surface area contributed by atoms with E-state index in [1.807, 2.05) is 30.2 Å². The molecule has 1 amide bonds. The Morgan fingerprint density at radius 2 is 2.37 bits per heavy atom. The molecule has 8 nitrogen and oxygen atoms in total. The van der Waals surface area contributed by atoms with Crippen LogP contribution in [0.5, 0.6) is 0 Å². The highest BCUT2D eigenvalue weighted by Gasteiger charge is 2.27. The lowest BCUT2D eigenvalue weighted by molar-refractivity contribution is -0.135. The number of fused-ring (bicyclic) bond motifs is 1. The Morgan fingerprint density at radius 3 is 3.11 bits per heavy atom. The Hall–Kier alpha value is -2.38. The summed E-state index contributed by atoms with van der Waals surface area (Å²) in [4.78, 5) is 14.1. The first-order chi connectivity index (χ1) is 9.16. The normalized spacial score (nSPS) is 18.4. The number of aromatic nitrogens is 5. The standard InChI is InChI=1S/C11H15N7O/c1-8-9-3-2-4-16(9)5-6-17(8)10(19)7-18-11(12)13-14-15-18/h2-4,8H,5-7H2,1H3,(H2,12,13,15)/t8-/m1/s1. The second kappa shape index (κ2) is 4.38. The Balaban J connectivity index is 1.77.